The Bertz CT molecular complexity index is 1670. The van der Waals surface area contributed by atoms with Crippen molar-refractivity contribution in [2.75, 3.05) is 32.7 Å². The number of hydrogen-bond donors (Lipinski definition) is 0. The molecule has 1 heterocycles. The van der Waals surface area contributed by atoms with Crippen molar-refractivity contribution in [1.29, 1.82) is 0 Å². The number of aromatic nitrogens is 2. The predicted octanol–water partition coefficient (Wildman–Crippen LogP) is 7.73. The van der Waals surface area contributed by atoms with Gasteiger partial charge in [0.15, 0.2) is 5.16 Å². The van der Waals surface area contributed by atoms with Gasteiger partial charge in [-0.25, -0.2) is 4.39 Å². The third-order valence-electron chi connectivity index (χ3n) is 8.32. The van der Waals surface area contributed by atoms with E-state index in [4.69, 9.17) is 0 Å². The van der Waals surface area contributed by atoms with Gasteiger partial charge in [0.1, 0.15) is 12.4 Å². The first-order valence-electron chi connectivity index (χ1n) is 16.2. The van der Waals surface area contributed by atoms with E-state index >= 15 is 0 Å². The molecule has 1 amide bonds. The third-order valence-corrected chi connectivity index (χ3v) is 9.38. The molecule has 0 aliphatic rings. The molecule has 48 heavy (non-hydrogen) atoms. The zero-order chi connectivity index (χ0) is 34.7. The number of rotatable bonds is 16. The lowest BCUT2D eigenvalue weighted by Gasteiger charge is -2.27. The SMILES string of the molecule is CCc1cn(CC(=O)N(CCCc2ccc(-c3ccc(C(F)(F)F)cc3)cc2)CCN(CC)CC)c(SCc2ccc(F)cc2)nc1=O. The topological polar surface area (TPSA) is 58.4 Å². The van der Waals surface area contributed by atoms with Crippen LogP contribution < -0.4 is 5.56 Å². The molecular weight excluding hydrogens is 640 g/mol. The molecule has 11 heteroatoms. The van der Waals surface area contributed by atoms with Crippen LogP contribution in [0.5, 0.6) is 0 Å². The number of halogens is 4. The number of thioether (sulfide) groups is 1. The van der Waals surface area contributed by atoms with Crippen molar-refractivity contribution >= 4 is 17.7 Å². The molecule has 6 nitrogen and oxygen atoms in total. The minimum atomic E-state index is -4.37. The zero-order valence-electron chi connectivity index (χ0n) is 27.6. The van der Waals surface area contributed by atoms with E-state index in [2.05, 4.69) is 23.7 Å². The minimum Gasteiger partial charge on any atom is -0.340 e. The molecule has 0 atom stereocenters. The van der Waals surface area contributed by atoms with E-state index in [-0.39, 0.29) is 23.8 Å². The van der Waals surface area contributed by atoms with Crippen LogP contribution in [-0.4, -0.2) is 58.0 Å². The number of likely N-dealkylation sites (N-methyl/N-ethyl adjacent to an activating group) is 1. The summed E-state index contributed by atoms with van der Waals surface area (Å²) in [6, 6.07) is 19.0. The van der Waals surface area contributed by atoms with Crippen LogP contribution in [0.4, 0.5) is 17.6 Å². The summed E-state index contributed by atoms with van der Waals surface area (Å²) in [7, 11) is 0. The van der Waals surface area contributed by atoms with Crippen LogP contribution in [0, 0.1) is 5.82 Å². The normalized spacial score (nSPS) is 11.7. The molecule has 0 fully saturated rings. The van der Waals surface area contributed by atoms with Crippen molar-refractivity contribution in [2.45, 2.75) is 63.7 Å². The molecule has 3 aromatic carbocycles. The number of carbonyl (C=O) groups excluding carboxylic acids is 1. The highest BCUT2D eigenvalue weighted by atomic mass is 32.2. The Morgan fingerprint density at radius 2 is 1.44 bits per heavy atom. The Morgan fingerprint density at radius 1 is 0.833 bits per heavy atom. The fourth-order valence-electron chi connectivity index (χ4n) is 5.32. The van der Waals surface area contributed by atoms with Gasteiger partial charge in [0, 0.05) is 37.1 Å². The van der Waals surface area contributed by atoms with E-state index in [0.29, 0.717) is 41.5 Å². The molecule has 4 aromatic rings. The standard InChI is InChI=1S/C37H42F4N4O2S/c1-4-29-24-45(36(42-35(29)47)48-26-28-11-19-33(38)20-12-28)25-34(46)44(23-22-43(5-2)6-3)21-7-8-27-9-13-30(14-10-27)31-15-17-32(18-16-31)37(39,40)41/h9-20,24H,4-8,21-23,25-26H2,1-3H3. The second-order valence-corrected chi connectivity index (χ2v) is 12.5. The lowest BCUT2D eigenvalue weighted by molar-refractivity contribution is -0.137. The first-order chi connectivity index (χ1) is 23.0. The fraction of sp³-hybridized carbons (Fsp3) is 0.378. The van der Waals surface area contributed by atoms with Crippen LogP contribution in [0.2, 0.25) is 0 Å². The van der Waals surface area contributed by atoms with Gasteiger partial charge in [-0.1, -0.05) is 81.1 Å². The lowest BCUT2D eigenvalue weighted by atomic mass is 10.0. The number of benzene rings is 3. The van der Waals surface area contributed by atoms with E-state index in [9.17, 15) is 27.2 Å². The third kappa shape index (κ3) is 10.5. The molecule has 1 aromatic heterocycles. The van der Waals surface area contributed by atoms with E-state index in [1.807, 2.05) is 36.1 Å². The monoisotopic (exact) mass is 682 g/mol. The number of carbonyl (C=O) groups is 1. The molecular formula is C37H42F4N4O2S. The van der Waals surface area contributed by atoms with Gasteiger partial charge in [0.05, 0.1) is 5.56 Å². The maximum absolute atomic E-state index is 13.8. The molecule has 4 rings (SSSR count). The number of amides is 1. The molecule has 0 aliphatic heterocycles. The molecule has 0 bridgehead atoms. The van der Waals surface area contributed by atoms with E-state index in [1.165, 1.54) is 36.0 Å². The molecule has 256 valence electrons. The highest BCUT2D eigenvalue weighted by molar-refractivity contribution is 7.98. The maximum Gasteiger partial charge on any atom is 0.416 e. The van der Waals surface area contributed by atoms with Crippen molar-refractivity contribution in [1.82, 2.24) is 19.4 Å². The Balaban J connectivity index is 1.44. The summed E-state index contributed by atoms with van der Waals surface area (Å²) < 4.78 is 54.0. The quantitative estimate of drug-likeness (QED) is 0.0688. The van der Waals surface area contributed by atoms with Gasteiger partial charge in [-0.3, -0.25) is 9.59 Å². The van der Waals surface area contributed by atoms with Gasteiger partial charge < -0.3 is 14.4 Å². The second kappa shape index (κ2) is 17.4. The summed E-state index contributed by atoms with van der Waals surface area (Å²) in [6.07, 6.45) is -0.711. The van der Waals surface area contributed by atoms with Gasteiger partial charge in [-0.2, -0.15) is 18.2 Å². The average molecular weight is 683 g/mol. The average Bonchev–Trinajstić information content (AvgIpc) is 3.08. The summed E-state index contributed by atoms with van der Waals surface area (Å²) in [5, 5.41) is 0.437. The van der Waals surface area contributed by atoms with Crippen molar-refractivity contribution in [2.24, 2.45) is 0 Å². The molecule has 0 unspecified atom stereocenters. The molecule has 0 saturated heterocycles. The van der Waals surface area contributed by atoms with Crippen LogP contribution in [0.3, 0.4) is 0 Å². The summed E-state index contributed by atoms with van der Waals surface area (Å²) >= 11 is 1.34. The Labute approximate surface area is 283 Å². The Hall–Kier alpha value is -3.96. The van der Waals surface area contributed by atoms with E-state index in [0.717, 1.165) is 61.3 Å². The van der Waals surface area contributed by atoms with Gasteiger partial charge in [0.25, 0.3) is 5.56 Å². The van der Waals surface area contributed by atoms with Crippen LogP contribution in [0.1, 0.15) is 49.4 Å². The van der Waals surface area contributed by atoms with Crippen LogP contribution in [-0.2, 0) is 36.1 Å². The van der Waals surface area contributed by atoms with Crippen molar-refractivity contribution in [3.63, 3.8) is 0 Å². The second-order valence-electron chi connectivity index (χ2n) is 11.5. The molecule has 0 spiro atoms. The van der Waals surface area contributed by atoms with Crippen molar-refractivity contribution in [3.8, 4) is 11.1 Å². The number of alkyl halides is 3. The summed E-state index contributed by atoms with van der Waals surface area (Å²) in [5.41, 5.74) is 3.03. The Morgan fingerprint density at radius 3 is 2.02 bits per heavy atom. The zero-order valence-corrected chi connectivity index (χ0v) is 28.4. The molecule has 0 saturated carbocycles. The van der Waals surface area contributed by atoms with Crippen molar-refractivity contribution in [3.05, 3.63) is 117 Å². The van der Waals surface area contributed by atoms with Crippen LogP contribution in [0.15, 0.2) is 88.9 Å². The van der Waals surface area contributed by atoms with Crippen LogP contribution >= 0.6 is 11.8 Å². The molecule has 0 N–H and O–H groups in total. The van der Waals surface area contributed by atoms with Crippen molar-refractivity contribution < 1.29 is 22.4 Å². The predicted molar refractivity (Wildman–Crippen MR) is 183 cm³/mol. The number of nitrogens with zero attached hydrogens (tertiary/aromatic N) is 4. The van der Waals surface area contributed by atoms with Crippen LogP contribution in [0.25, 0.3) is 11.1 Å². The number of aryl methyl sites for hydroxylation is 2. The minimum absolute atomic E-state index is 0.0338. The maximum atomic E-state index is 13.8. The van der Waals surface area contributed by atoms with Gasteiger partial charge >= 0.3 is 6.18 Å². The summed E-state index contributed by atoms with van der Waals surface area (Å²) in [4.78, 5) is 34.9. The lowest BCUT2D eigenvalue weighted by Crippen LogP contribution is -2.41. The summed E-state index contributed by atoms with van der Waals surface area (Å²) in [6.45, 7) is 9.66. The Kier molecular flexibility index (Phi) is 13.4. The van der Waals surface area contributed by atoms with Gasteiger partial charge in [-0.05, 0) is 78.9 Å². The van der Waals surface area contributed by atoms with Gasteiger partial charge in [0.2, 0.25) is 5.91 Å². The highest BCUT2D eigenvalue weighted by Gasteiger charge is 2.30. The fourth-order valence-corrected chi connectivity index (χ4v) is 6.24. The van der Waals surface area contributed by atoms with E-state index in [1.54, 1.807) is 22.9 Å². The number of hydrogen-bond acceptors (Lipinski definition) is 5. The van der Waals surface area contributed by atoms with E-state index < -0.39 is 11.7 Å². The molecule has 0 radical (unpaired) electrons. The molecule has 0 aliphatic carbocycles. The first kappa shape index (κ1) is 36.9. The first-order valence-corrected chi connectivity index (χ1v) is 17.2. The highest BCUT2D eigenvalue weighted by Crippen LogP contribution is 2.31. The smallest absolute Gasteiger partial charge is 0.340 e. The summed E-state index contributed by atoms with van der Waals surface area (Å²) in [5.74, 6) is 0.0722. The largest absolute Gasteiger partial charge is 0.416 e. The van der Waals surface area contributed by atoms with Gasteiger partial charge in [-0.15, -0.1) is 0 Å².